The molecule has 0 heterocycles. The number of thioether (sulfide) groups is 1. The summed E-state index contributed by atoms with van der Waals surface area (Å²) in [6, 6.07) is 3.27. The maximum absolute atomic E-state index is 13.7. The highest BCUT2D eigenvalue weighted by molar-refractivity contribution is 7.99. The Morgan fingerprint density at radius 2 is 2.16 bits per heavy atom. The first-order valence-electron chi connectivity index (χ1n) is 10.4. The largest absolute Gasteiger partial charge is 0.469 e. The molecule has 3 N–H and O–H groups in total. The van der Waals surface area contributed by atoms with E-state index in [-0.39, 0.29) is 34.9 Å². The van der Waals surface area contributed by atoms with Crippen molar-refractivity contribution in [3.8, 4) is 0 Å². The van der Waals surface area contributed by atoms with E-state index in [0.717, 1.165) is 23.9 Å². The number of rotatable bonds is 11. The number of halogens is 2. The average Bonchev–Trinajstić information content (AvgIpc) is 3.08. The molecule has 176 valence electrons. The van der Waals surface area contributed by atoms with Crippen molar-refractivity contribution in [2.45, 2.75) is 49.2 Å². The predicted octanol–water partition coefficient (Wildman–Crippen LogP) is 4.09. The molecule has 0 aliphatic heterocycles. The van der Waals surface area contributed by atoms with Gasteiger partial charge in [-0.25, -0.2) is 8.78 Å². The Morgan fingerprint density at radius 1 is 1.38 bits per heavy atom. The summed E-state index contributed by atoms with van der Waals surface area (Å²) in [4.78, 5) is 11.4. The number of esters is 1. The minimum Gasteiger partial charge on any atom is -0.469 e. The Balaban J connectivity index is 1.90. The van der Waals surface area contributed by atoms with Crippen molar-refractivity contribution in [2.24, 2.45) is 17.0 Å². The van der Waals surface area contributed by atoms with Gasteiger partial charge >= 0.3 is 5.97 Å². The fourth-order valence-corrected chi connectivity index (χ4v) is 4.38. The van der Waals surface area contributed by atoms with E-state index in [1.807, 2.05) is 12.2 Å². The van der Waals surface area contributed by atoms with E-state index in [1.54, 1.807) is 6.08 Å². The number of unbranched alkanes of at least 4 members (excludes halogenated alkanes) is 1. The van der Waals surface area contributed by atoms with Gasteiger partial charge in [-0.05, 0) is 31.4 Å². The number of carbonyl (C=O) groups is 1. The third-order valence-corrected chi connectivity index (χ3v) is 6.44. The van der Waals surface area contributed by atoms with Crippen LogP contribution in [0.5, 0.6) is 0 Å². The van der Waals surface area contributed by atoms with Gasteiger partial charge in [0.2, 0.25) is 0 Å². The zero-order valence-electron chi connectivity index (χ0n) is 17.9. The maximum Gasteiger partial charge on any atom is 0.305 e. The van der Waals surface area contributed by atoms with Crippen LogP contribution in [-0.4, -0.2) is 52.2 Å². The smallest absolute Gasteiger partial charge is 0.305 e. The molecule has 6 nitrogen and oxygen atoms in total. The van der Waals surface area contributed by atoms with Crippen LogP contribution < -0.4 is 0 Å². The van der Waals surface area contributed by atoms with Crippen LogP contribution in [0.4, 0.5) is 8.78 Å². The second-order valence-corrected chi connectivity index (χ2v) is 8.63. The van der Waals surface area contributed by atoms with Gasteiger partial charge < -0.3 is 20.2 Å². The number of hydrogen-bond donors (Lipinski definition) is 3. The Bertz CT molecular complexity index is 846. The van der Waals surface area contributed by atoms with Gasteiger partial charge in [0.25, 0.3) is 0 Å². The molecular formula is C23H29F2NO5S. The van der Waals surface area contributed by atoms with Crippen LogP contribution in [0.3, 0.4) is 0 Å². The van der Waals surface area contributed by atoms with E-state index >= 15 is 0 Å². The molecule has 1 aromatic carbocycles. The molecule has 2 rings (SSSR count). The van der Waals surface area contributed by atoms with Crippen LogP contribution >= 0.6 is 11.8 Å². The van der Waals surface area contributed by atoms with Crippen molar-refractivity contribution < 1.29 is 33.7 Å². The minimum absolute atomic E-state index is 0.157. The number of benzene rings is 1. The zero-order valence-corrected chi connectivity index (χ0v) is 18.7. The number of aliphatic hydroxyl groups excluding tert-OH is 2. The molecular weight excluding hydrogens is 440 g/mol. The molecule has 0 aromatic heterocycles. The van der Waals surface area contributed by atoms with Gasteiger partial charge in [0.1, 0.15) is 11.6 Å². The number of ether oxygens (including phenoxy) is 1. The molecule has 0 unspecified atom stereocenters. The van der Waals surface area contributed by atoms with Crippen LogP contribution in [0.1, 0.15) is 32.1 Å². The van der Waals surface area contributed by atoms with Crippen molar-refractivity contribution in [3.05, 3.63) is 54.1 Å². The van der Waals surface area contributed by atoms with Crippen molar-refractivity contribution in [3.63, 3.8) is 0 Å². The monoisotopic (exact) mass is 469 g/mol. The van der Waals surface area contributed by atoms with Gasteiger partial charge in [0.15, 0.2) is 0 Å². The molecule has 0 spiro atoms. The zero-order chi connectivity index (χ0) is 23.5. The lowest BCUT2D eigenvalue weighted by Gasteiger charge is -2.18. The van der Waals surface area contributed by atoms with Crippen LogP contribution in [0.25, 0.3) is 0 Å². The summed E-state index contributed by atoms with van der Waals surface area (Å²) in [5.74, 6) is -2.01. The van der Waals surface area contributed by atoms with Crippen molar-refractivity contribution in [2.75, 3.05) is 12.9 Å². The summed E-state index contributed by atoms with van der Waals surface area (Å²) < 4.78 is 31.3. The van der Waals surface area contributed by atoms with Crippen LogP contribution in [0.2, 0.25) is 0 Å². The number of methoxy groups -OCH3 is 1. The van der Waals surface area contributed by atoms with Crippen LogP contribution in [0.15, 0.2) is 52.6 Å². The van der Waals surface area contributed by atoms with Crippen molar-refractivity contribution in [1.82, 2.24) is 0 Å². The second-order valence-electron chi connectivity index (χ2n) is 7.57. The van der Waals surface area contributed by atoms with E-state index in [4.69, 9.17) is 0 Å². The normalized spacial score (nSPS) is 23.4. The van der Waals surface area contributed by atoms with Gasteiger partial charge in [-0.2, -0.15) is 0 Å². The van der Waals surface area contributed by atoms with Gasteiger partial charge in [-0.1, -0.05) is 29.5 Å². The van der Waals surface area contributed by atoms with Crippen molar-refractivity contribution in [1.29, 1.82) is 0 Å². The Labute approximate surface area is 190 Å². The van der Waals surface area contributed by atoms with Gasteiger partial charge in [-0.3, -0.25) is 4.79 Å². The van der Waals surface area contributed by atoms with Gasteiger partial charge in [0, 0.05) is 41.4 Å². The molecule has 0 radical (unpaired) electrons. The average molecular weight is 470 g/mol. The Morgan fingerprint density at radius 3 is 2.84 bits per heavy atom. The van der Waals surface area contributed by atoms with E-state index in [0.29, 0.717) is 31.4 Å². The first-order valence-corrected chi connectivity index (χ1v) is 11.4. The number of hydrogen-bond acceptors (Lipinski definition) is 7. The summed E-state index contributed by atoms with van der Waals surface area (Å²) >= 11 is 1.06. The summed E-state index contributed by atoms with van der Waals surface area (Å²) in [6.45, 7) is 0. The number of aliphatic hydroxyl groups is 2. The van der Waals surface area contributed by atoms with Crippen LogP contribution in [0, 0.1) is 23.5 Å². The summed E-state index contributed by atoms with van der Waals surface area (Å²) in [5.41, 5.74) is 0.433. The Hall–Kier alpha value is -2.23. The van der Waals surface area contributed by atoms with E-state index in [9.17, 15) is 29.0 Å². The molecule has 1 fully saturated rings. The first kappa shape index (κ1) is 26.0. The summed E-state index contributed by atoms with van der Waals surface area (Å²) in [5, 5.41) is 33.2. The van der Waals surface area contributed by atoms with E-state index in [2.05, 4.69) is 9.89 Å². The van der Waals surface area contributed by atoms with E-state index in [1.165, 1.54) is 19.3 Å². The molecule has 9 heteroatoms. The predicted molar refractivity (Wildman–Crippen MR) is 119 cm³/mol. The highest BCUT2D eigenvalue weighted by atomic mass is 32.2. The minimum atomic E-state index is -0.906. The molecule has 1 aliphatic carbocycles. The number of allylic oxidation sites excluding steroid dienone is 3. The molecule has 0 bridgehead atoms. The summed E-state index contributed by atoms with van der Waals surface area (Å²) in [6.07, 6.45) is 8.00. The number of carbonyl (C=O) groups excluding carboxylic acids is 1. The lowest BCUT2D eigenvalue weighted by Crippen LogP contribution is -2.19. The quantitative estimate of drug-likeness (QED) is 0.113. The molecule has 0 saturated heterocycles. The van der Waals surface area contributed by atoms with E-state index < -0.39 is 23.8 Å². The Kier molecular flexibility index (Phi) is 10.9. The van der Waals surface area contributed by atoms with Gasteiger partial charge in [-0.15, -0.1) is 11.8 Å². The summed E-state index contributed by atoms with van der Waals surface area (Å²) in [7, 11) is 1.35. The second kappa shape index (κ2) is 13.3. The van der Waals surface area contributed by atoms with Gasteiger partial charge in [0.05, 0.1) is 25.0 Å². The molecule has 0 amide bonds. The highest BCUT2D eigenvalue weighted by Crippen LogP contribution is 2.34. The lowest BCUT2D eigenvalue weighted by atomic mass is 9.90. The standard InChI is InChI=1S/C23H29F2NO5S/c1-31-23(29)7-5-3-2-4-6-18-17(20(26-30)13-21(18)28)10-9-16(27)14-32-22-11-8-15(24)12-19(22)25/h2,4,8-12,16-18,21,27-28,30H,3,5-7,13-14H2,1H3/b4-2-,10-9+,26-20-/t16-,17-,18-,21+/m1/s1. The maximum atomic E-state index is 13.7. The molecule has 1 aliphatic rings. The molecule has 4 atom stereocenters. The SMILES string of the molecule is COC(=O)CCC/C=C\C[C@H]1[C@@H](O)C/C(=N/O)[C@@H]1/C=C/[C@@H](O)CSc1ccc(F)cc1F. The molecule has 1 aromatic rings. The molecule has 1 saturated carbocycles. The number of oxime groups is 1. The number of nitrogens with zero attached hydrogens (tertiary/aromatic N) is 1. The fraction of sp³-hybridized carbons (Fsp3) is 0.478. The third kappa shape index (κ3) is 8.03. The topological polar surface area (TPSA) is 99.4 Å². The first-order chi connectivity index (χ1) is 15.3. The lowest BCUT2D eigenvalue weighted by molar-refractivity contribution is -0.140. The fourth-order valence-electron chi connectivity index (χ4n) is 3.56. The third-order valence-electron chi connectivity index (χ3n) is 5.29. The highest BCUT2D eigenvalue weighted by Gasteiger charge is 2.38. The van der Waals surface area contributed by atoms with Crippen molar-refractivity contribution >= 4 is 23.4 Å². The van der Waals surface area contributed by atoms with Crippen LogP contribution in [-0.2, 0) is 9.53 Å². The molecule has 32 heavy (non-hydrogen) atoms.